The van der Waals surface area contributed by atoms with Crippen molar-refractivity contribution in [1.82, 2.24) is 14.7 Å². The van der Waals surface area contributed by atoms with Gasteiger partial charge < -0.3 is 20.2 Å². The Labute approximate surface area is 212 Å². The van der Waals surface area contributed by atoms with Crippen molar-refractivity contribution in [3.8, 4) is 0 Å². The first-order valence-corrected chi connectivity index (χ1v) is 12.8. The van der Waals surface area contributed by atoms with E-state index in [-0.39, 0.29) is 35.8 Å². The summed E-state index contributed by atoms with van der Waals surface area (Å²) in [5, 5.41) is 12.9. The molecule has 8 heteroatoms. The molecule has 0 aromatic heterocycles. The van der Waals surface area contributed by atoms with Crippen LogP contribution in [0.2, 0.25) is 0 Å². The summed E-state index contributed by atoms with van der Waals surface area (Å²) in [4.78, 5) is 30.4. The zero-order valence-electron chi connectivity index (χ0n) is 21.4. The normalized spacial score (nSPS) is 22.3. The fourth-order valence-electron chi connectivity index (χ4n) is 5.55. The van der Waals surface area contributed by atoms with Gasteiger partial charge in [-0.2, -0.15) is 0 Å². The molecule has 194 valence electrons. The highest BCUT2D eigenvalue weighted by Gasteiger charge is 2.32. The van der Waals surface area contributed by atoms with E-state index in [2.05, 4.69) is 22.3 Å². The minimum atomic E-state index is -0.856. The van der Waals surface area contributed by atoms with Crippen molar-refractivity contribution in [2.45, 2.75) is 64.2 Å². The van der Waals surface area contributed by atoms with E-state index in [1.807, 2.05) is 37.8 Å². The summed E-state index contributed by atoms with van der Waals surface area (Å²) in [7, 11) is 0. The molecule has 0 spiro atoms. The van der Waals surface area contributed by atoms with Crippen LogP contribution in [0.5, 0.6) is 0 Å². The molecule has 2 aromatic carbocycles. The summed E-state index contributed by atoms with van der Waals surface area (Å²) in [6.45, 7) is 9.47. The summed E-state index contributed by atoms with van der Waals surface area (Å²) < 4.78 is 13.1. The Kier molecular flexibility index (Phi) is 8.14. The molecular weight excluding hydrogens is 459 g/mol. The number of hydrogen-bond acceptors (Lipinski definition) is 4. The van der Waals surface area contributed by atoms with Crippen molar-refractivity contribution in [3.63, 3.8) is 0 Å². The molecule has 2 fully saturated rings. The number of carboxylic acid groups (broad SMARTS) is 1. The number of carbonyl (C=O) groups excluding carboxylic acids is 1. The van der Waals surface area contributed by atoms with Crippen molar-refractivity contribution < 1.29 is 19.1 Å². The quantitative estimate of drug-likeness (QED) is 0.611. The number of piperidine rings is 1. The van der Waals surface area contributed by atoms with Gasteiger partial charge in [0.15, 0.2) is 0 Å². The lowest BCUT2D eigenvalue weighted by molar-refractivity contribution is -0.133. The maximum absolute atomic E-state index is 13.2. The Balaban J connectivity index is 1.27. The van der Waals surface area contributed by atoms with E-state index in [0.29, 0.717) is 26.2 Å². The zero-order valence-corrected chi connectivity index (χ0v) is 21.4. The lowest BCUT2D eigenvalue weighted by atomic mass is 9.96. The van der Waals surface area contributed by atoms with Crippen LogP contribution in [0, 0.1) is 5.82 Å². The second-order valence-corrected chi connectivity index (χ2v) is 10.3. The largest absolute Gasteiger partial charge is 0.465 e. The number of nitrogens with zero attached hydrogens (tertiary/aromatic N) is 3. The summed E-state index contributed by atoms with van der Waals surface area (Å²) in [6, 6.07) is 14.8. The first-order valence-electron chi connectivity index (χ1n) is 12.8. The molecule has 4 rings (SSSR count). The van der Waals surface area contributed by atoms with Gasteiger partial charge in [0.2, 0.25) is 5.91 Å². The van der Waals surface area contributed by atoms with E-state index >= 15 is 0 Å². The molecule has 7 nitrogen and oxygen atoms in total. The van der Waals surface area contributed by atoms with Crippen LogP contribution in [-0.4, -0.2) is 76.1 Å². The Morgan fingerprint density at radius 1 is 1.00 bits per heavy atom. The lowest BCUT2D eigenvalue weighted by Gasteiger charge is -2.42. The maximum atomic E-state index is 13.2. The highest BCUT2D eigenvalue weighted by molar-refractivity contribution is 5.83. The van der Waals surface area contributed by atoms with Crippen LogP contribution in [0.1, 0.15) is 50.7 Å². The van der Waals surface area contributed by atoms with E-state index in [9.17, 15) is 19.1 Å². The van der Waals surface area contributed by atoms with Crippen molar-refractivity contribution in [1.29, 1.82) is 0 Å². The van der Waals surface area contributed by atoms with Gasteiger partial charge in [-0.15, -0.1) is 0 Å². The smallest absolute Gasteiger partial charge is 0.407 e. The number of anilines is 1. The van der Waals surface area contributed by atoms with Crippen LogP contribution in [0.3, 0.4) is 0 Å². The minimum Gasteiger partial charge on any atom is -0.465 e. The third kappa shape index (κ3) is 6.16. The molecular formula is C28H37FN4O3. The molecule has 2 heterocycles. The van der Waals surface area contributed by atoms with Crippen molar-refractivity contribution >= 4 is 17.7 Å². The Morgan fingerprint density at radius 2 is 1.58 bits per heavy atom. The summed E-state index contributed by atoms with van der Waals surface area (Å²) in [5.74, 6) is -0.305. The van der Waals surface area contributed by atoms with Crippen LogP contribution in [0.25, 0.3) is 0 Å². The molecule has 2 N–H and O–H groups in total. The predicted octanol–water partition coefficient (Wildman–Crippen LogP) is 4.60. The molecule has 0 radical (unpaired) electrons. The third-order valence-electron chi connectivity index (χ3n) is 7.49. The van der Waals surface area contributed by atoms with Crippen molar-refractivity contribution in [3.05, 3.63) is 65.5 Å². The number of carbonyl (C=O) groups is 2. The second kappa shape index (κ2) is 11.3. The number of piperazine rings is 1. The van der Waals surface area contributed by atoms with Gasteiger partial charge in [-0.25, -0.2) is 9.18 Å². The lowest BCUT2D eigenvalue weighted by Crippen LogP contribution is -2.57. The Bertz CT molecular complexity index is 1030. The van der Waals surface area contributed by atoms with Crippen LogP contribution in [0.15, 0.2) is 48.5 Å². The van der Waals surface area contributed by atoms with Gasteiger partial charge in [-0.3, -0.25) is 9.69 Å². The predicted molar refractivity (Wildman–Crippen MR) is 139 cm³/mol. The fraction of sp³-hybridized carbons (Fsp3) is 0.500. The second-order valence-electron chi connectivity index (χ2n) is 10.3. The molecule has 0 aliphatic carbocycles. The van der Waals surface area contributed by atoms with Gasteiger partial charge in [-0.05, 0) is 69.0 Å². The zero-order chi connectivity index (χ0) is 25.8. The highest BCUT2D eigenvalue weighted by Crippen LogP contribution is 2.24. The van der Waals surface area contributed by atoms with Crippen molar-refractivity contribution in [2.75, 3.05) is 31.5 Å². The molecule has 1 unspecified atom stereocenters. The average molecular weight is 497 g/mol. The number of halogens is 1. The van der Waals surface area contributed by atoms with Gasteiger partial charge in [0.25, 0.3) is 0 Å². The van der Waals surface area contributed by atoms with Gasteiger partial charge in [0.1, 0.15) is 5.82 Å². The van der Waals surface area contributed by atoms with E-state index in [4.69, 9.17) is 0 Å². The van der Waals surface area contributed by atoms with Gasteiger partial charge in [-0.1, -0.05) is 24.3 Å². The molecule has 2 amide bonds. The summed E-state index contributed by atoms with van der Waals surface area (Å²) in [5.41, 5.74) is 3.07. The van der Waals surface area contributed by atoms with Crippen LogP contribution in [-0.2, 0) is 11.3 Å². The molecule has 2 aromatic rings. The van der Waals surface area contributed by atoms with E-state index in [0.717, 1.165) is 36.2 Å². The molecule has 0 bridgehead atoms. The van der Waals surface area contributed by atoms with Crippen LogP contribution >= 0.6 is 0 Å². The molecule has 0 saturated carbocycles. The monoisotopic (exact) mass is 496 g/mol. The van der Waals surface area contributed by atoms with Crippen LogP contribution < -0.4 is 5.32 Å². The van der Waals surface area contributed by atoms with E-state index < -0.39 is 6.09 Å². The highest BCUT2D eigenvalue weighted by atomic mass is 19.1. The fourth-order valence-corrected chi connectivity index (χ4v) is 5.55. The summed E-state index contributed by atoms with van der Waals surface area (Å²) >= 11 is 0. The maximum Gasteiger partial charge on any atom is 0.407 e. The standard InChI is InChI=1S/C28H37FN4O3/c1-19-16-31(17-20(2)33(19)28(35)36)18-22-4-6-23(7-5-22)21(3)27(34)32-14-12-26(13-15-32)30-25-10-8-24(29)9-11-25/h4-11,19-21,26,30H,12-18H2,1-3H3,(H,35,36)/t19-,20+,21?. The third-order valence-corrected chi connectivity index (χ3v) is 7.49. The van der Waals surface area contributed by atoms with Gasteiger partial charge in [0.05, 0.1) is 5.92 Å². The molecule has 36 heavy (non-hydrogen) atoms. The van der Waals surface area contributed by atoms with Gasteiger partial charge in [0, 0.05) is 56.5 Å². The first kappa shape index (κ1) is 25.9. The number of nitrogens with one attached hydrogen (secondary N) is 1. The average Bonchev–Trinajstić information content (AvgIpc) is 2.85. The Morgan fingerprint density at radius 3 is 2.14 bits per heavy atom. The molecule has 2 aliphatic heterocycles. The van der Waals surface area contributed by atoms with Crippen LogP contribution in [0.4, 0.5) is 14.9 Å². The van der Waals surface area contributed by atoms with E-state index in [1.54, 1.807) is 12.1 Å². The number of likely N-dealkylation sites (tertiary alicyclic amines) is 1. The molecule has 2 saturated heterocycles. The minimum absolute atomic E-state index is 0.0433. The van der Waals surface area contributed by atoms with Crippen molar-refractivity contribution in [2.24, 2.45) is 0 Å². The molecule has 2 aliphatic rings. The number of amides is 2. The Hall–Kier alpha value is -3.13. The van der Waals surface area contributed by atoms with Gasteiger partial charge >= 0.3 is 6.09 Å². The SMILES string of the molecule is CC(C(=O)N1CCC(Nc2ccc(F)cc2)CC1)c1ccc(CN2C[C@@H](C)N(C(=O)O)[C@@H](C)C2)cc1. The topological polar surface area (TPSA) is 76.1 Å². The number of rotatable bonds is 6. The first-order chi connectivity index (χ1) is 17.2. The molecule has 3 atom stereocenters. The number of benzene rings is 2. The number of hydrogen-bond donors (Lipinski definition) is 2. The van der Waals surface area contributed by atoms with E-state index in [1.165, 1.54) is 17.0 Å². The summed E-state index contributed by atoms with van der Waals surface area (Å²) in [6.07, 6.45) is 0.868.